The summed E-state index contributed by atoms with van der Waals surface area (Å²) in [6.45, 7) is 3.28. The zero-order chi connectivity index (χ0) is 20.0. The molecule has 1 fully saturated rings. The number of likely N-dealkylation sites (tertiary alicyclic amines) is 1. The fourth-order valence-corrected chi connectivity index (χ4v) is 4.23. The van der Waals surface area contributed by atoms with Crippen LogP contribution in [0.1, 0.15) is 38.2 Å². The molecule has 0 radical (unpaired) electrons. The molecule has 1 atom stereocenters. The third-order valence-electron chi connectivity index (χ3n) is 5.71. The first kappa shape index (κ1) is 20.1. The van der Waals surface area contributed by atoms with Gasteiger partial charge in [-0.25, -0.2) is 0 Å². The normalized spacial score (nSPS) is 19.3. The number of rotatable bonds is 6. The Hall–Kier alpha value is -2.62. The van der Waals surface area contributed by atoms with E-state index >= 15 is 0 Å². The Bertz CT molecular complexity index is 801. The molecule has 0 saturated carbocycles. The lowest BCUT2D eigenvalue weighted by Crippen LogP contribution is -2.53. The first-order chi connectivity index (χ1) is 13.6. The highest BCUT2D eigenvalue weighted by Crippen LogP contribution is 2.35. The monoisotopic (exact) mass is 378 g/mol. The fraction of sp³-hybridized carbons (Fsp3) is 0.417. The van der Waals surface area contributed by atoms with E-state index in [9.17, 15) is 9.59 Å². The fourth-order valence-electron chi connectivity index (χ4n) is 4.23. The smallest absolute Gasteiger partial charge is 0.228 e. The lowest BCUT2D eigenvalue weighted by Gasteiger charge is -2.41. The van der Waals surface area contributed by atoms with Crippen molar-refractivity contribution in [3.05, 3.63) is 60.2 Å². The molecule has 3 rings (SSSR count). The van der Waals surface area contributed by atoms with Gasteiger partial charge in [-0.3, -0.25) is 9.59 Å². The standard InChI is InChI=1S/C24H30N2O2/c1-3-8-22(27)26-16-7-15-24(18-26,23(28)25-2)17-19-11-13-21(14-12-19)20-9-5-4-6-10-20/h4-6,9-14H,3,7-8,15-18H2,1-2H3,(H,25,28). The van der Waals surface area contributed by atoms with Gasteiger partial charge in [-0.2, -0.15) is 0 Å². The zero-order valence-electron chi connectivity index (χ0n) is 16.9. The van der Waals surface area contributed by atoms with Crippen molar-refractivity contribution in [3.8, 4) is 11.1 Å². The third-order valence-corrected chi connectivity index (χ3v) is 5.71. The van der Waals surface area contributed by atoms with Gasteiger partial charge in [-0.15, -0.1) is 0 Å². The predicted molar refractivity (Wildman–Crippen MR) is 113 cm³/mol. The Morgan fingerprint density at radius 3 is 2.36 bits per heavy atom. The van der Waals surface area contributed by atoms with E-state index < -0.39 is 5.41 Å². The molecule has 0 spiro atoms. The maximum atomic E-state index is 12.9. The molecule has 1 aliphatic rings. The SMILES string of the molecule is CCCC(=O)N1CCCC(Cc2ccc(-c3ccccc3)cc2)(C(=O)NC)C1. The maximum absolute atomic E-state index is 12.9. The van der Waals surface area contributed by atoms with Gasteiger partial charge in [0, 0.05) is 26.6 Å². The second kappa shape index (κ2) is 9.05. The summed E-state index contributed by atoms with van der Waals surface area (Å²) in [7, 11) is 1.69. The maximum Gasteiger partial charge on any atom is 0.228 e. The Morgan fingerprint density at radius 1 is 1.04 bits per heavy atom. The molecule has 148 valence electrons. The number of hydrogen-bond donors (Lipinski definition) is 1. The quantitative estimate of drug-likeness (QED) is 0.824. The van der Waals surface area contributed by atoms with Gasteiger partial charge >= 0.3 is 0 Å². The van der Waals surface area contributed by atoms with E-state index in [-0.39, 0.29) is 11.8 Å². The van der Waals surface area contributed by atoms with Crippen molar-refractivity contribution in [1.29, 1.82) is 0 Å². The minimum absolute atomic E-state index is 0.0358. The van der Waals surface area contributed by atoms with Crippen LogP contribution in [0.3, 0.4) is 0 Å². The molecule has 1 saturated heterocycles. The van der Waals surface area contributed by atoms with Crippen LogP contribution < -0.4 is 5.32 Å². The molecule has 0 aromatic heterocycles. The van der Waals surface area contributed by atoms with Gasteiger partial charge in [0.1, 0.15) is 0 Å². The topological polar surface area (TPSA) is 49.4 Å². The number of nitrogens with one attached hydrogen (secondary N) is 1. The third kappa shape index (κ3) is 4.44. The van der Waals surface area contributed by atoms with E-state index in [1.807, 2.05) is 30.0 Å². The minimum Gasteiger partial charge on any atom is -0.359 e. The van der Waals surface area contributed by atoms with Crippen molar-refractivity contribution in [2.45, 2.75) is 39.0 Å². The van der Waals surface area contributed by atoms with E-state index in [4.69, 9.17) is 0 Å². The molecule has 4 nitrogen and oxygen atoms in total. The van der Waals surface area contributed by atoms with Crippen LogP contribution in [0.5, 0.6) is 0 Å². The van der Waals surface area contributed by atoms with Crippen molar-refractivity contribution in [3.63, 3.8) is 0 Å². The van der Waals surface area contributed by atoms with Crippen molar-refractivity contribution >= 4 is 11.8 Å². The average Bonchev–Trinajstić information content (AvgIpc) is 2.74. The largest absolute Gasteiger partial charge is 0.359 e. The minimum atomic E-state index is -0.551. The Morgan fingerprint density at radius 2 is 1.71 bits per heavy atom. The summed E-state index contributed by atoms with van der Waals surface area (Å²) in [6.07, 6.45) is 3.71. The van der Waals surface area contributed by atoms with Crippen molar-refractivity contribution in [2.24, 2.45) is 5.41 Å². The van der Waals surface area contributed by atoms with Crippen LogP contribution in [0.4, 0.5) is 0 Å². The highest BCUT2D eigenvalue weighted by Gasteiger charge is 2.42. The zero-order valence-corrected chi connectivity index (χ0v) is 16.9. The first-order valence-corrected chi connectivity index (χ1v) is 10.2. The molecule has 1 unspecified atom stereocenters. The molecule has 1 N–H and O–H groups in total. The summed E-state index contributed by atoms with van der Waals surface area (Å²) >= 11 is 0. The summed E-state index contributed by atoms with van der Waals surface area (Å²) in [5.41, 5.74) is 2.93. The summed E-state index contributed by atoms with van der Waals surface area (Å²) < 4.78 is 0. The Kier molecular flexibility index (Phi) is 6.50. The molecule has 2 aromatic carbocycles. The summed E-state index contributed by atoms with van der Waals surface area (Å²) in [5, 5.41) is 2.85. The summed E-state index contributed by atoms with van der Waals surface area (Å²) in [5.74, 6) is 0.198. The number of amides is 2. The molecule has 4 heteroatoms. The highest BCUT2D eigenvalue weighted by molar-refractivity contribution is 5.84. The van der Waals surface area contributed by atoms with E-state index in [0.29, 0.717) is 19.4 Å². The Labute approximate surface area is 167 Å². The van der Waals surface area contributed by atoms with Crippen molar-refractivity contribution in [1.82, 2.24) is 10.2 Å². The van der Waals surface area contributed by atoms with Crippen LogP contribution in [0.25, 0.3) is 11.1 Å². The van der Waals surface area contributed by atoms with Crippen LogP contribution >= 0.6 is 0 Å². The van der Waals surface area contributed by atoms with Gasteiger partial charge in [0.25, 0.3) is 0 Å². The molecule has 1 heterocycles. The second-order valence-electron chi connectivity index (χ2n) is 7.77. The van der Waals surface area contributed by atoms with E-state index in [2.05, 4.69) is 41.7 Å². The molecule has 2 amide bonds. The number of benzene rings is 2. The number of piperidine rings is 1. The van der Waals surface area contributed by atoms with Crippen molar-refractivity contribution in [2.75, 3.05) is 20.1 Å². The van der Waals surface area contributed by atoms with E-state index in [0.717, 1.165) is 31.4 Å². The number of nitrogens with zero attached hydrogens (tertiary/aromatic N) is 1. The summed E-state index contributed by atoms with van der Waals surface area (Å²) in [6, 6.07) is 18.7. The molecule has 1 aliphatic heterocycles. The first-order valence-electron chi connectivity index (χ1n) is 10.2. The predicted octanol–water partition coefficient (Wildman–Crippen LogP) is 4.05. The van der Waals surface area contributed by atoms with Crippen LogP contribution in [0, 0.1) is 5.41 Å². The van der Waals surface area contributed by atoms with Gasteiger partial charge in [0.05, 0.1) is 5.41 Å². The van der Waals surface area contributed by atoms with Gasteiger partial charge < -0.3 is 10.2 Å². The van der Waals surface area contributed by atoms with Crippen LogP contribution in [0.2, 0.25) is 0 Å². The number of carbonyl (C=O) groups excluding carboxylic acids is 2. The molecule has 28 heavy (non-hydrogen) atoms. The lowest BCUT2D eigenvalue weighted by atomic mass is 9.74. The molecule has 0 bridgehead atoms. The average molecular weight is 379 g/mol. The molecular weight excluding hydrogens is 348 g/mol. The van der Waals surface area contributed by atoms with E-state index in [1.54, 1.807) is 7.05 Å². The van der Waals surface area contributed by atoms with Gasteiger partial charge in [0.2, 0.25) is 11.8 Å². The van der Waals surface area contributed by atoms with Crippen molar-refractivity contribution < 1.29 is 9.59 Å². The molecular formula is C24H30N2O2. The van der Waals surface area contributed by atoms with Gasteiger partial charge in [0.15, 0.2) is 0 Å². The van der Waals surface area contributed by atoms with Gasteiger partial charge in [-0.1, -0.05) is 61.5 Å². The number of carbonyl (C=O) groups is 2. The molecule has 2 aromatic rings. The van der Waals surface area contributed by atoms with E-state index in [1.165, 1.54) is 11.1 Å². The summed E-state index contributed by atoms with van der Waals surface area (Å²) in [4.78, 5) is 27.2. The van der Waals surface area contributed by atoms with Crippen LogP contribution in [0.15, 0.2) is 54.6 Å². The highest BCUT2D eigenvalue weighted by atomic mass is 16.2. The lowest BCUT2D eigenvalue weighted by molar-refractivity contribution is -0.141. The number of hydrogen-bond acceptors (Lipinski definition) is 2. The molecule has 0 aliphatic carbocycles. The Balaban J connectivity index is 1.81. The second-order valence-corrected chi connectivity index (χ2v) is 7.77. The van der Waals surface area contributed by atoms with Crippen LogP contribution in [-0.4, -0.2) is 36.9 Å². The van der Waals surface area contributed by atoms with Gasteiger partial charge in [-0.05, 0) is 42.4 Å². The van der Waals surface area contributed by atoms with Crippen LogP contribution in [-0.2, 0) is 16.0 Å².